The van der Waals surface area contributed by atoms with Gasteiger partial charge in [-0.25, -0.2) is 0 Å². The molecule has 2 aromatic rings. The summed E-state index contributed by atoms with van der Waals surface area (Å²) in [6.07, 6.45) is 0. The van der Waals surface area contributed by atoms with Gasteiger partial charge in [0.25, 0.3) is 0 Å². The van der Waals surface area contributed by atoms with Crippen LogP contribution < -0.4 is 4.74 Å². The minimum atomic E-state index is -4.42. The van der Waals surface area contributed by atoms with E-state index in [9.17, 15) is 18.0 Å². The second-order valence-electron chi connectivity index (χ2n) is 2.98. The Morgan fingerprint density at radius 1 is 1.19 bits per heavy atom. The van der Waals surface area contributed by atoms with Gasteiger partial charge in [-0.05, 0) is 29.3 Å². The van der Waals surface area contributed by atoms with E-state index < -0.39 is 10.3 Å². The predicted molar refractivity (Wildman–Crippen MR) is 60.0 cm³/mol. The first kappa shape index (κ1) is 11.5. The van der Waals surface area contributed by atoms with Gasteiger partial charge in [-0.2, -0.15) is 13.2 Å². The lowest BCUT2D eigenvalue weighted by Gasteiger charge is -2.04. The van der Waals surface area contributed by atoms with Crippen LogP contribution in [0.4, 0.5) is 13.2 Å². The molecule has 0 atom stereocenters. The maximum absolute atomic E-state index is 12.2. The molecule has 0 radical (unpaired) electrons. The highest BCUT2D eigenvalue weighted by Gasteiger charge is 2.30. The number of rotatable bonds is 1. The second kappa shape index (κ2) is 4.10. The first-order valence-electron chi connectivity index (χ1n) is 4.24. The number of fused-ring (bicyclic) bond motifs is 1. The van der Waals surface area contributed by atoms with Crippen molar-refractivity contribution >= 4 is 33.2 Å². The summed E-state index contributed by atoms with van der Waals surface area (Å²) in [5, 5.41) is 0.652. The van der Waals surface area contributed by atoms with Gasteiger partial charge < -0.3 is 0 Å². The minimum Gasteiger partial charge on any atom is -0.277 e. The van der Waals surface area contributed by atoms with Gasteiger partial charge in [-0.15, -0.1) is 0 Å². The summed E-state index contributed by atoms with van der Waals surface area (Å²) in [4.78, 5) is 11.1. The largest absolute Gasteiger partial charge is 0.446 e. The van der Waals surface area contributed by atoms with Crippen LogP contribution in [0.25, 0.3) is 10.1 Å². The smallest absolute Gasteiger partial charge is 0.277 e. The molecule has 0 saturated heterocycles. The van der Waals surface area contributed by atoms with Gasteiger partial charge in [0.05, 0.1) is 4.90 Å². The van der Waals surface area contributed by atoms with Crippen molar-refractivity contribution < 1.29 is 13.2 Å². The maximum Gasteiger partial charge on any atom is 0.446 e. The summed E-state index contributed by atoms with van der Waals surface area (Å²) >= 11 is 0.473. The molecule has 84 valence electrons. The van der Waals surface area contributed by atoms with Crippen molar-refractivity contribution in [2.24, 2.45) is 0 Å². The maximum atomic E-state index is 12.2. The van der Waals surface area contributed by atoms with E-state index in [4.69, 9.17) is 0 Å². The average molecular weight is 262 g/mol. The Morgan fingerprint density at radius 2 is 1.88 bits per heavy atom. The number of hydrogen-bond donors (Lipinski definition) is 0. The van der Waals surface area contributed by atoms with E-state index >= 15 is 0 Å². The molecule has 1 heterocycles. The first-order valence-corrected chi connectivity index (χ1v) is 5.88. The van der Waals surface area contributed by atoms with Gasteiger partial charge in [0.1, 0.15) is 0 Å². The van der Waals surface area contributed by atoms with Gasteiger partial charge in [-0.3, -0.25) is 4.79 Å². The number of benzene rings is 1. The molecule has 1 nitrogen and oxygen atoms in total. The van der Waals surface area contributed by atoms with Crippen molar-refractivity contribution in [1.82, 2.24) is 0 Å². The van der Waals surface area contributed by atoms with Crippen LogP contribution in [-0.2, 0) is 0 Å². The highest BCUT2D eigenvalue weighted by Crippen LogP contribution is 2.36. The van der Waals surface area contributed by atoms with Crippen LogP contribution in [0.15, 0.2) is 40.0 Å². The van der Waals surface area contributed by atoms with Crippen molar-refractivity contribution in [3.8, 4) is 0 Å². The molecular formula is C10H5F3OS2. The van der Waals surface area contributed by atoms with E-state index in [1.807, 2.05) is 0 Å². The molecule has 0 aliphatic rings. The minimum absolute atomic E-state index is 0.267. The van der Waals surface area contributed by atoms with Gasteiger partial charge in [0.2, 0.25) is 4.74 Å². The molecule has 0 aliphatic carbocycles. The van der Waals surface area contributed by atoms with Crippen LogP contribution in [0.2, 0.25) is 0 Å². The molecule has 0 fully saturated rings. The summed E-state index contributed by atoms with van der Waals surface area (Å²) in [5.74, 6) is 0. The van der Waals surface area contributed by atoms with E-state index in [2.05, 4.69) is 0 Å². The van der Waals surface area contributed by atoms with Crippen LogP contribution >= 0.6 is 23.1 Å². The molecule has 0 spiro atoms. The Hall–Kier alpha value is -1.01. The van der Waals surface area contributed by atoms with E-state index in [0.29, 0.717) is 10.1 Å². The van der Waals surface area contributed by atoms with Gasteiger partial charge in [0, 0.05) is 4.70 Å². The number of alkyl halides is 3. The summed E-state index contributed by atoms with van der Waals surface area (Å²) in [6.45, 7) is 0. The van der Waals surface area contributed by atoms with Crippen molar-refractivity contribution in [3.63, 3.8) is 0 Å². The Morgan fingerprint density at radius 3 is 2.56 bits per heavy atom. The lowest BCUT2D eigenvalue weighted by atomic mass is 10.2. The van der Waals surface area contributed by atoms with Crippen molar-refractivity contribution in [3.05, 3.63) is 39.9 Å². The van der Waals surface area contributed by atoms with Crippen LogP contribution in [-0.4, -0.2) is 5.51 Å². The zero-order chi connectivity index (χ0) is 11.8. The Kier molecular flexibility index (Phi) is 2.94. The molecule has 0 amide bonds. The predicted octanol–water partition coefficient (Wildman–Crippen LogP) is 3.87. The zero-order valence-corrected chi connectivity index (χ0v) is 9.38. The fourth-order valence-electron chi connectivity index (χ4n) is 1.24. The van der Waals surface area contributed by atoms with E-state index in [0.717, 1.165) is 11.3 Å². The van der Waals surface area contributed by atoms with Crippen LogP contribution in [0, 0.1) is 0 Å². The summed E-state index contributed by atoms with van der Waals surface area (Å²) in [6, 6.07) is 8.15. The summed E-state index contributed by atoms with van der Waals surface area (Å²) < 4.78 is 36.6. The normalized spacial score (nSPS) is 11.9. The third-order valence-corrected chi connectivity index (χ3v) is 3.72. The standard InChI is InChI=1S/C10H5F3OS2/c11-10(12,13)16-8-5-6-3-1-2-4-7(6)15-9(8)14/h1-5H. The third-order valence-electron chi connectivity index (χ3n) is 1.84. The lowest BCUT2D eigenvalue weighted by molar-refractivity contribution is -0.0328. The second-order valence-corrected chi connectivity index (χ2v) is 5.11. The van der Waals surface area contributed by atoms with Crippen molar-refractivity contribution in [1.29, 1.82) is 0 Å². The Bertz CT molecular complexity index is 574. The van der Waals surface area contributed by atoms with Crippen LogP contribution in [0.5, 0.6) is 0 Å². The zero-order valence-electron chi connectivity index (χ0n) is 7.75. The van der Waals surface area contributed by atoms with E-state index in [1.54, 1.807) is 24.3 Å². The van der Waals surface area contributed by atoms with Gasteiger partial charge in [0.15, 0.2) is 0 Å². The van der Waals surface area contributed by atoms with Crippen molar-refractivity contribution in [2.75, 3.05) is 0 Å². The average Bonchev–Trinajstić information content (AvgIpc) is 2.17. The molecule has 1 aromatic carbocycles. The van der Waals surface area contributed by atoms with Gasteiger partial charge in [-0.1, -0.05) is 29.5 Å². The molecule has 0 saturated carbocycles. The molecule has 16 heavy (non-hydrogen) atoms. The van der Waals surface area contributed by atoms with Gasteiger partial charge >= 0.3 is 5.51 Å². The van der Waals surface area contributed by atoms with Crippen LogP contribution in [0.1, 0.15) is 0 Å². The molecule has 0 bridgehead atoms. The topological polar surface area (TPSA) is 17.1 Å². The number of halogens is 3. The fraction of sp³-hybridized carbons (Fsp3) is 0.100. The Labute approximate surface area is 96.9 Å². The van der Waals surface area contributed by atoms with E-state index in [-0.39, 0.29) is 16.7 Å². The molecule has 0 aliphatic heterocycles. The highest BCUT2D eigenvalue weighted by molar-refractivity contribution is 8.00. The number of hydrogen-bond acceptors (Lipinski definition) is 3. The molecule has 0 unspecified atom stereocenters. The Balaban J connectivity index is 2.55. The molecular weight excluding hydrogens is 257 g/mol. The molecule has 0 N–H and O–H groups in total. The third kappa shape index (κ3) is 2.56. The number of thioether (sulfide) groups is 1. The first-order chi connectivity index (χ1) is 7.46. The fourth-order valence-corrected chi connectivity index (χ4v) is 2.76. The quantitative estimate of drug-likeness (QED) is 0.726. The lowest BCUT2D eigenvalue weighted by Crippen LogP contribution is -2.05. The summed E-state index contributed by atoms with van der Waals surface area (Å²) in [5.41, 5.74) is -4.42. The van der Waals surface area contributed by atoms with E-state index in [1.165, 1.54) is 6.07 Å². The van der Waals surface area contributed by atoms with Crippen LogP contribution in [0.3, 0.4) is 0 Å². The molecule has 6 heteroatoms. The highest BCUT2D eigenvalue weighted by atomic mass is 32.2. The molecule has 2 rings (SSSR count). The summed E-state index contributed by atoms with van der Waals surface area (Å²) in [7, 11) is 0. The monoisotopic (exact) mass is 262 g/mol. The van der Waals surface area contributed by atoms with Crippen molar-refractivity contribution in [2.45, 2.75) is 10.4 Å². The molecule has 1 aromatic heterocycles. The SMILES string of the molecule is O=c1sc2ccccc2cc1SC(F)(F)F.